The minimum Gasteiger partial charge on any atom is -0.341 e. The predicted molar refractivity (Wildman–Crippen MR) is 55.0 cm³/mol. The molecule has 0 radical (unpaired) electrons. The number of rotatable bonds is 1. The van der Waals surface area contributed by atoms with Crippen molar-refractivity contribution in [1.82, 2.24) is 9.55 Å². The second-order valence-electron chi connectivity index (χ2n) is 2.86. The maximum atomic E-state index is 11.1. The largest absolute Gasteiger partial charge is 0.341 e. The Kier molecular flexibility index (Phi) is 2.00. The first-order valence-electron chi connectivity index (χ1n) is 4.10. The number of aromatic nitrogens is 2. The van der Waals surface area contributed by atoms with E-state index in [0.717, 1.165) is 22.4 Å². The molecule has 2 aliphatic rings. The van der Waals surface area contributed by atoms with Gasteiger partial charge in [-0.25, -0.2) is 0 Å². The molecule has 2 rings (SSSR count). The van der Waals surface area contributed by atoms with Crippen molar-refractivity contribution in [1.29, 1.82) is 0 Å². The molecule has 1 N–H and O–H groups in total. The van der Waals surface area contributed by atoms with Gasteiger partial charge >= 0.3 is 0 Å². The maximum absolute atomic E-state index is 11.1. The van der Waals surface area contributed by atoms with Crippen LogP contribution in [-0.2, 0) is 6.54 Å². The van der Waals surface area contributed by atoms with E-state index in [2.05, 4.69) is 27.8 Å². The van der Waals surface area contributed by atoms with E-state index in [1.165, 1.54) is 0 Å². The molecule has 0 unspecified atom stereocenters. The molecular formula is C9H9BrN2O. The van der Waals surface area contributed by atoms with Crippen molar-refractivity contribution < 1.29 is 0 Å². The van der Waals surface area contributed by atoms with Crippen molar-refractivity contribution in [2.24, 2.45) is 0 Å². The smallest absolute Gasteiger partial charge is 0.249 e. The van der Waals surface area contributed by atoms with Gasteiger partial charge in [0.2, 0.25) is 5.56 Å². The van der Waals surface area contributed by atoms with Crippen LogP contribution in [0.2, 0.25) is 0 Å². The van der Waals surface area contributed by atoms with Crippen LogP contribution in [0.4, 0.5) is 0 Å². The van der Waals surface area contributed by atoms with E-state index in [9.17, 15) is 4.79 Å². The monoisotopic (exact) mass is 240 g/mol. The number of H-pyrrole nitrogens is 1. The van der Waals surface area contributed by atoms with Gasteiger partial charge in [-0.05, 0) is 28.9 Å². The summed E-state index contributed by atoms with van der Waals surface area (Å²) < 4.78 is 2.95. The number of aryl methyl sites for hydroxylation is 1. The quantitative estimate of drug-likeness (QED) is 0.762. The fourth-order valence-electron chi connectivity index (χ4n) is 1.37. The van der Waals surface area contributed by atoms with Gasteiger partial charge in [0, 0.05) is 24.4 Å². The van der Waals surface area contributed by atoms with Crippen LogP contribution in [0, 0.1) is 0 Å². The van der Waals surface area contributed by atoms with E-state index in [-0.39, 0.29) is 5.56 Å². The predicted octanol–water partition coefficient (Wildman–Crippen LogP) is 2.06. The lowest BCUT2D eigenvalue weighted by atomic mass is 10.2. The standard InChI is InChI=1S/C9H9BrN2O/c1-2-12-4-3-6-5-7(13)11-8(6)9(12)10/h3-5H,2H2,1H3,(H,11,13). The molecule has 3 nitrogen and oxygen atoms in total. The van der Waals surface area contributed by atoms with Gasteiger partial charge < -0.3 is 9.55 Å². The van der Waals surface area contributed by atoms with E-state index >= 15 is 0 Å². The molecule has 0 saturated heterocycles. The number of nitrogens with one attached hydrogen (secondary N) is 1. The number of halogens is 1. The van der Waals surface area contributed by atoms with Crippen molar-refractivity contribution in [3.05, 3.63) is 33.3 Å². The zero-order valence-corrected chi connectivity index (χ0v) is 8.76. The number of fused-ring (bicyclic) bond motifs is 1. The molecule has 0 atom stereocenters. The number of hydrogen-bond acceptors (Lipinski definition) is 1. The highest BCUT2D eigenvalue weighted by molar-refractivity contribution is 9.10. The van der Waals surface area contributed by atoms with E-state index < -0.39 is 0 Å². The van der Waals surface area contributed by atoms with Crippen LogP contribution in [0.15, 0.2) is 27.7 Å². The fourth-order valence-corrected chi connectivity index (χ4v) is 2.07. The van der Waals surface area contributed by atoms with E-state index in [4.69, 9.17) is 0 Å². The lowest BCUT2D eigenvalue weighted by Gasteiger charge is -2.09. The number of aromatic amines is 1. The third kappa shape index (κ3) is 1.31. The molecule has 0 saturated carbocycles. The molecule has 0 bridgehead atoms. The Morgan fingerprint density at radius 2 is 2.38 bits per heavy atom. The molecule has 0 aliphatic carbocycles. The summed E-state index contributed by atoms with van der Waals surface area (Å²) in [6, 6.07) is 3.53. The van der Waals surface area contributed by atoms with E-state index in [1.54, 1.807) is 6.07 Å². The summed E-state index contributed by atoms with van der Waals surface area (Å²) in [7, 11) is 0. The molecule has 13 heavy (non-hydrogen) atoms. The summed E-state index contributed by atoms with van der Waals surface area (Å²) in [5.74, 6) is 0. The zero-order valence-electron chi connectivity index (χ0n) is 7.17. The number of hydrogen-bond donors (Lipinski definition) is 1. The van der Waals surface area contributed by atoms with Crippen LogP contribution in [0.3, 0.4) is 0 Å². The molecule has 0 aromatic rings. The highest BCUT2D eigenvalue weighted by Crippen LogP contribution is 2.26. The summed E-state index contributed by atoms with van der Waals surface area (Å²) in [6.45, 7) is 2.93. The molecule has 4 heteroatoms. The SMILES string of the molecule is CCn1ccc2cc(=O)[nH]c-2c1Br. The lowest BCUT2D eigenvalue weighted by molar-refractivity contribution is 0.736. The lowest BCUT2D eigenvalue weighted by Crippen LogP contribution is -2.00. The average molecular weight is 241 g/mol. The molecule has 68 valence electrons. The second kappa shape index (κ2) is 3.03. The van der Waals surface area contributed by atoms with Crippen LogP contribution < -0.4 is 5.56 Å². The van der Waals surface area contributed by atoms with Gasteiger partial charge in [-0.2, -0.15) is 0 Å². The van der Waals surface area contributed by atoms with Crippen LogP contribution >= 0.6 is 15.9 Å². The first-order valence-corrected chi connectivity index (χ1v) is 4.89. The fraction of sp³-hybridized carbons (Fsp3) is 0.222. The Hall–Kier alpha value is -1.03. The molecule has 0 amide bonds. The average Bonchev–Trinajstić information content (AvgIpc) is 2.47. The van der Waals surface area contributed by atoms with Gasteiger partial charge in [-0.15, -0.1) is 0 Å². The first kappa shape index (κ1) is 8.56. The van der Waals surface area contributed by atoms with E-state index in [1.807, 2.05) is 16.8 Å². The molecule has 0 aromatic heterocycles. The minimum atomic E-state index is -0.0513. The number of pyridine rings is 1. The summed E-state index contributed by atoms with van der Waals surface area (Å²) >= 11 is 3.45. The molecule has 0 aromatic carbocycles. The van der Waals surface area contributed by atoms with Crippen molar-refractivity contribution in [2.75, 3.05) is 0 Å². The molecule has 0 spiro atoms. The van der Waals surface area contributed by atoms with Gasteiger partial charge in [0.25, 0.3) is 0 Å². The van der Waals surface area contributed by atoms with E-state index in [0.29, 0.717) is 0 Å². The molecule has 2 aliphatic heterocycles. The molecule has 2 heterocycles. The van der Waals surface area contributed by atoms with Crippen molar-refractivity contribution >= 4 is 15.9 Å². The van der Waals surface area contributed by atoms with Crippen LogP contribution in [0.1, 0.15) is 6.92 Å². The highest BCUT2D eigenvalue weighted by atomic mass is 79.9. The molecule has 0 fully saturated rings. The summed E-state index contributed by atoms with van der Waals surface area (Å²) in [5.41, 5.74) is 1.76. The Bertz CT molecular complexity index is 457. The third-order valence-electron chi connectivity index (χ3n) is 2.06. The van der Waals surface area contributed by atoms with Crippen molar-refractivity contribution in [3.8, 4) is 11.3 Å². The zero-order chi connectivity index (χ0) is 9.42. The summed E-state index contributed by atoms with van der Waals surface area (Å²) in [6.07, 6.45) is 1.96. The van der Waals surface area contributed by atoms with Gasteiger partial charge in [-0.3, -0.25) is 4.79 Å². The maximum Gasteiger partial charge on any atom is 0.249 e. The Labute approximate surface area is 83.9 Å². The topological polar surface area (TPSA) is 37.8 Å². The van der Waals surface area contributed by atoms with Crippen molar-refractivity contribution in [2.45, 2.75) is 13.5 Å². The van der Waals surface area contributed by atoms with Gasteiger partial charge in [-0.1, -0.05) is 0 Å². The summed E-state index contributed by atoms with van der Waals surface area (Å²) in [5, 5.41) is 0. The summed E-state index contributed by atoms with van der Waals surface area (Å²) in [4.78, 5) is 13.8. The Balaban J connectivity index is 2.78. The first-order chi connectivity index (χ1) is 6.22. The molecular weight excluding hydrogens is 232 g/mol. The highest BCUT2D eigenvalue weighted by Gasteiger charge is 2.10. The third-order valence-corrected chi connectivity index (χ3v) is 2.91. The van der Waals surface area contributed by atoms with Crippen LogP contribution in [0.25, 0.3) is 11.3 Å². The van der Waals surface area contributed by atoms with Gasteiger partial charge in [0.05, 0.1) is 5.69 Å². The van der Waals surface area contributed by atoms with Crippen LogP contribution in [0.5, 0.6) is 0 Å². The van der Waals surface area contributed by atoms with Gasteiger partial charge in [0.1, 0.15) is 4.60 Å². The second-order valence-corrected chi connectivity index (χ2v) is 3.61. The van der Waals surface area contributed by atoms with Crippen molar-refractivity contribution in [3.63, 3.8) is 0 Å². The normalized spacial score (nSPS) is 10.9. The minimum absolute atomic E-state index is 0.0513. The van der Waals surface area contributed by atoms with Gasteiger partial charge in [0.15, 0.2) is 0 Å². The van der Waals surface area contributed by atoms with Crippen LogP contribution in [-0.4, -0.2) is 9.55 Å². The Morgan fingerprint density at radius 1 is 1.62 bits per heavy atom. The Morgan fingerprint density at radius 3 is 3.08 bits per heavy atom. The number of nitrogens with zero attached hydrogens (tertiary/aromatic N) is 1.